The standard InChI is InChI=1S/C14H22O4/c1-4-14(2,3)12(16)11(15)9-7-5-6-8-10(9)13(17)18/h9-10H,4-8H2,1-3H3,(H,17,18)/t9?,10-/m1/s1. The van der Waals surface area contributed by atoms with Crippen LogP contribution in [0.4, 0.5) is 0 Å². The summed E-state index contributed by atoms with van der Waals surface area (Å²) in [7, 11) is 0. The predicted molar refractivity (Wildman–Crippen MR) is 67.2 cm³/mol. The maximum absolute atomic E-state index is 12.2. The van der Waals surface area contributed by atoms with Gasteiger partial charge in [-0.1, -0.05) is 33.6 Å². The minimum Gasteiger partial charge on any atom is -0.481 e. The van der Waals surface area contributed by atoms with Crippen molar-refractivity contribution in [2.75, 3.05) is 0 Å². The summed E-state index contributed by atoms with van der Waals surface area (Å²) in [6, 6.07) is 0. The van der Waals surface area contributed by atoms with Crippen molar-refractivity contribution in [2.24, 2.45) is 17.3 Å². The second kappa shape index (κ2) is 5.63. The van der Waals surface area contributed by atoms with Crippen molar-refractivity contribution in [3.8, 4) is 0 Å². The molecule has 0 aromatic rings. The van der Waals surface area contributed by atoms with Crippen molar-refractivity contribution >= 4 is 17.5 Å². The fraction of sp³-hybridized carbons (Fsp3) is 0.786. The van der Waals surface area contributed by atoms with Gasteiger partial charge in [-0.25, -0.2) is 0 Å². The largest absolute Gasteiger partial charge is 0.481 e. The smallest absolute Gasteiger partial charge is 0.307 e. The number of ketones is 2. The van der Waals surface area contributed by atoms with E-state index in [9.17, 15) is 14.4 Å². The van der Waals surface area contributed by atoms with Gasteiger partial charge >= 0.3 is 5.97 Å². The Morgan fingerprint density at radius 3 is 2.06 bits per heavy atom. The predicted octanol–water partition coefficient (Wildman–Crippen LogP) is 2.45. The van der Waals surface area contributed by atoms with E-state index in [1.54, 1.807) is 13.8 Å². The van der Waals surface area contributed by atoms with E-state index in [0.717, 1.165) is 12.8 Å². The van der Waals surface area contributed by atoms with Crippen LogP contribution in [-0.4, -0.2) is 22.6 Å². The summed E-state index contributed by atoms with van der Waals surface area (Å²) < 4.78 is 0. The maximum atomic E-state index is 12.2. The van der Waals surface area contributed by atoms with Gasteiger partial charge in [-0.15, -0.1) is 0 Å². The fourth-order valence-electron chi connectivity index (χ4n) is 2.40. The van der Waals surface area contributed by atoms with Crippen molar-refractivity contribution in [1.29, 1.82) is 0 Å². The van der Waals surface area contributed by atoms with E-state index >= 15 is 0 Å². The number of aliphatic carboxylic acids is 1. The second-order valence-electron chi connectivity index (χ2n) is 5.77. The molecule has 0 radical (unpaired) electrons. The van der Waals surface area contributed by atoms with E-state index in [2.05, 4.69) is 0 Å². The lowest BCUT2D eigenvalue weighted by Gasteiger charge is -2.29. The molecule has 18 heavy (non-hydrogen) atoms. The fourth-order valence-corrected chi connectivity index (χ4v) is 2.40. The Labute approximate surface area is 108 Å². The van der Waals surface area contributed by atoms with Gasteiger partial charge < -0.3 is 5.11 Å². The summed E-state index contributed by atoms with van der Waals surface area (Å²) in [6.45, 7) is 5.35. The van der Waals surface area contributed by atoms with Gasteiger partial charge in [0.15, 0.2) is 0 Å². The highest BCUT2D eigenvalue weighted by atomic mass is 16.4. The third-order valence-electron chi connectivity index (χ3n) is 4.14. The molecule has 1 unspecified atom stereocenters. The summed E-state index contributed by atoms with van der Waals surface area (Å²) in [4.78, 5) is 35.5. The van der Waals surface area contributed by atoms with E-state index in [1.165, 1.54) is 0 Å². The quantitative estimate of drug-likeness (QED) is 0.765. The number of carboxylic acids is 1. The molecule has 2 atom stereocenters. The summed E-state index contributed by atoms with van der Waals surface area (Å²) in [5.74, 6) is -3.13. The average Bonchev–Trinajstić information content (AvgIpc) is 2.36. The number of carboxylic acid groups (broad SMARTS) is 1. The summed E-state index contributed by atoms with van der Waals surface area (Å²) in [5, 5.41) is 9.14. The Bertz CT molecular complexity index is 357. The lowest BCUT2D eigenvalue weighted by Crippen LogP contribution is -2.41. The molecule has 0 heterocycles. The highest BCUT2D eigenvalue weighted by Crippen LogP contribution is 2.33. The molecule has 102 valence electrons. The molecule has 4 nitrogen and oxygen atoms in total. The van der Waals surface area contributed by atoms with Crippen LogP contribution in [-0.2, 0) is 14.4 Å². The van der Waals surface area contributed by atoms with Crippen LogP contribution < -0.4 is 0 Å². The second-order valence-corrected chi connectivity index (χ2v) is 5.77. The Hall–Kier alpha value is -1.19. The van der Waals surface area contributed by atoms with Gasteiger partial charge in [0.05, 0.1) is 5.92 Å². The molecule has 1 saturated carbocycles. The Morgan fingerprint density at radius 2 is 1.61 bits per heavy atom. The molecule has 1 N–H and O–H groups in total. The first kappa shape index (κ1) is 14.9. The van der Waals surface area contributed by atoms with E-state index < -0.39 is 34.8 Å². The molecule has 1 rings (SSSR count). The Balaban J connectivity index is 2.87. The third kappa shape index (κ3) is 2.98. The first-order chi connectivity index (χ1) is 8.31. The maximum Gasteiger partial charge on any atom is 0.307 e. The molecule has 0 bridgehead atoms. The van der Waals surface area contributed by atoms with Gasteiger partial charge in [-0.2, -0.15) is 0 Å². The monoisotopic (exact) mass is 254 g/mol. The van der Waals surface area contributed by atoms with Crippen LogP contribution in [0.1, 0.15) is 52.9 Å². The molecule has 0 saturated heterocycles. The van der Waals surface area contributed by atoms with Gasteiger partial charge in [-0.05, 0) is 19.3 Å². The van der Waals surface area contributed by atoms with Gasteiger partial charge in [-0.3, -0.25) is 14.4 Å². The zero-order chi connectivity index (χ0) is 13.9. The van der Waals surface area contributed by atoms with Crippen LogP contribution in [0.15, 0.2) is 0 Å². The SMILES string of the molecule is CCC(C)(C)C(=O)C(=O)C1CCCC[C@H]1C(=O)O. The molecule has 1 aliphatic carbocycles. The Morgan fingerprint density at radius 1 is 1.11 bits per heavy atom. The lowest BCUT2D eigenvalue weighted by atomic mass is 9.72. The summed E-state index contributed by atoms with van der Waals surface area (Å²) in [6.07, 6.45) is 3.28. The van der Waals surface area contributed by atoms with Crippen molar-refractivity contribution in [3.63, 3.8) is 0 Å². The van der Waals surface area contributed by atoms with Gasteiger partial charge in [0.2, 0.25) is 11.6 Å². The number of carbonyl (C=O) groups is 3. The molecule has 1 fully saturated rings. The highest BCUT2D eigenvalue weighted by Gasteiger charge is 2.42. The molecular weight excluding hydrogens is 232 g/mol. The molecule has 0 aromatic heterocycles. The van der Waals surface area contributed by atoms with Gasteiger partial charge in [0.1, 0.15) is 0 Å². The third-order valence-corrected chi connectivity index (χ3v) is 4.14. The molecule has 0 spiro atoms. The molecule has 0 aromatic carbocycles. The normalized spacial score (nSPS) is 24.6. The zero-order valence-electron chi connectivity index (χ0n) is 11.4. The molecule has 0 amide bonds. The van der Waals surface area contributed by atoms with Crippen molar-refractivity contribution in [3.05, 3.63) is 0 Å². The summed E-state index contributed by atoms with van der Waals surface area (Å²) in [5.41, 5.74) is -0.683. The van der Waals surface area contributed by atoms with Crippen LogP contribution in [0.5, 0.6) is 0 Å². The number of Topliss-reactive ketones (excluding diaryl/α,β-unsaturated/α-hetero) is 2. The van der Waals surface area contributed by atoms with Crippen LogP contribution in [0.3, 0.4) is 0 Å². The number of hydrogen-bond donors (Lipinski definition) is 1. The van der Waals surface area contributed by atoms with E-state index in [0.29, 0.717) is 19.3 Å². The van der Waals surface area contributed by atoms with Gasteiger partial charge in [0.25, 0.3) is 0 Å². The van der Waals surface area contributed by atoms with E-state index in [-0.39, 0.29) is 0 Å². The average molecular weight is 254 g/mol. The lowest BCUT2D eigenvalue weighted by molar-refractivity contribution is -0.152. The Kier molecular flexibility index (Phi) is 4.65. The first-order valence-corrected chi connectivity index (χ1v) is 6.62. The summed E-state index contributed by atoms with van der Waals surface area (Å²) >= 11 is 0. The topological polar surface area (TPSA) is 71.4 Å². The number of carbonyl (C=O) groups excluding carboxylic acids is 2. The van der Waals surface area contributed by atoms with E-state index in [4.69, 9.17) is 5.11 Å². The van der Waals surface area contributed by atoms with Crippen LogP contribution in [0.2, 0.25) is 0 Å². The van der Waals surface area contributed by atoms with Crippen molar-refractivity contribution < 1.29 is 19.5 Å². The van der Waals surface area contributed by atoms with Crippen molar-refractivity contribution in [1.82, 2.24) is 0 Å². The van der Waals surface area contributed by atoms with Gasteiger partial charge in [0, 0.05) is 11.3 Å². The molecular formula is C14H22O4. The van der Waals surface area contributed by atoms with Crippen LogP contribution >= 0.6 is 0 Å². The minimum atomic E-state index is -0.949. The highest BCUT2D eigenvalue weighted by molar-refractivity contribution is 6.40. The molecule has 1 aliphatic rings. The van der Waals surface area contributed by atoms with Crippen LogP contribution in [0.25, 0.3) is 0 Å². The number of rotatable bonds is 5. The van der Waals surface area contributed by atoms with Crippen molar-refractivity contribution in [2.45, 2.75) is 52.9 Å². The minimum absolute atomic E-state index is 0.414. The molecule has 4 heteroatoms. The number of hydrogen-bond acceptors (Lipinski definition) is 3. The molecule has 0 aliphatic heterocycles. The van der Waals surface area contributed by atoms with Crippen LogP contribution in [0, 0.1) is 17.3 Å². The zero-order valence-corrected chi connectivity index (χ0v) is 11.4. The first-order valence-electron chi connectivity index (χ1n) is 6.62. The van der Waals surface area contributed by atoms with E-state index in [1.807, 2.05) is 6.92 Å².